The van der Waals surface area contributed by atoms with Crippen molar-refractivity contribution in [1.29, 1.82) is 0 Å². The van der Waals surface area contributed by atoms with Crippen molar-refractivity contribution >= 4 is 5.91 Å². The van der Waals surface area contributed by atoms with Crippen molar-refractivity contribution < 1.29 is 4.79 Å². The van der Waals surface area contributed by atoms with Crippen LogP contribution >= 0.6 is 0 Å². The second kappa shape index (κ2) is 7.76. The zero-order chi connectivity index (χ0) is 17.8. The van der Waals surface area contributed by atoms with Gasteiger partial charge < -0.3 is 4.90 Å². The molecule has 0 N–H and O–H groups in total. The maximum Gasteiger partial charge on any atom is 0.222 e. The average Bonchev–Trinajstić information content (AvgIpc) is 2.92. The molecule has 1 fully saturated rings. The Morgan fingerprint density at radius 1 is 1.24 bits per heavy atom. The Labute approximate surface area is 149 Å². The second-order valence-electron chi connectivity index (χ2n) is 7.02. The Hall–Kier alpha value is -2.24. The Balaban J connectivity index is 1.52. The number of carbonyl (C=O) groups excluding carboxylic acids is 1. The molecule has 2 aromatic rings. The van der Waals surface area contributed by atoms with Gasteiger partial charge in [-0.3, -0.25) is 19.4 Å². The van der Waals surface area contributed by atoms with Gasteiger partial charge in [0.05, 0.1) is 17.1 Å². The lowest BCUT2D eigenvalue weighted by Gasteiger charge is -2.32. The third kappa shape index (κ3) is 4.44. The van der Waals surface area contributed by atoms with E-state index in [1.807, 2.05) is 29.6 Å². The monoisotopic (exact) mass is 341 g/mol. The fraction of sp³-hybridized carbons (Fsp3) is 0.579. The van der Waals surface area contributed by atoms with Gasteiger partial charge in [-0.05, 0) is 46.1 Å². The quantitative estimate of drug-likeness (QED) is 0.839. The van der Waals surface area contributed by atoms with Gasteiger partial charge in [-0.25, -0.2) is 0 Å². The van der Waals surface area contributed by atoms with Crippen molar-refractivity contribution in [3.8, 4) is 0 Å². The highest BCUT2D eigenvalue weighted by Crippen LogP contribution is 2.25. The predicted molar refractivity (Wildman–Crippen MR) is 96.3 cm³/mol. The summed E-state index contributed by atoms with van der Waals surface area (Å²) in [4.78, 5) is 23.4. The maximum atomic E-state index is 12.6. The summed E-state index contributed by atoms with van der Waals surface area (Å²) in [6.45, 7) is 8.43. The van der Waals surface area contributed by atoms with E-state index in [0.717, 1.165) is 61.7 Å². The van der Waals surface area contributed by atoms with Gasteiger partial charge in [-0.1, -0.05) is 0 Å². The normalized spacial score (nSPS) is 17.7. The highest BCUT2D eigenvalue weighted by atomic mass is 16.2. The van der Waals surface area contributed by atoms with Gasteiger partial charge in [0.25, 0.3) is 0 Å². The van der Waals surface area contributed by atoms with E-state index in [1.165, 1.54) is 0 Å². The van der Waals surface area contributed by atoms with E-state index in [4.69, 9.17) is 0 Å². The Morgan fingerprint density at radius 2 is 2.08 bits per heavy atom. The van der Waals surface area contributed by atoms with Gasteiger partial charge in [0, 0.05) is 50.1 Å². The van der Waals surface area contributed by atoms with Gasteiger partial charge in [0.1, 0.15) is 0 Å². The number of nitrogens with zero attached hydrogens (tertiary/aromatic N) is 5. The first-order valence-electron chi connectivity index (χ1n) is 9.10. The van der Waals surface area contributed by atoms with Gasteiger partial charge in [-0.2, -0.15) is 5.10 Å². The number of likely N-dealkylation sites (tertiary alicyclic amines) is 1. The SMILES string of the molecule is Cc1cncc([C@H]2CCCN(C(=O)CCCn3nc(C)cc3C)C2)n1. The van der Waals surface area contributed by atoms with Gasteiger partial charge in [0.2, 0.25) is 5.91 Å². The van der Waals surface area contributed by atoms with Crippen molar-refractivity contribution in [3.05, 3.63) is 41.2 Å². The summed E-state index contributed by atoms with van der Waals surface area (Å²) < 4.78 is 1.99. The summed E-state index contributed by atoms with van der Waals surface area (Å²) in [5.41, 5.74) is 4.13. The van der Waals surface area contributed by atoms with Crippen molar-refractivity contribution in [2.24, 2.45) is 0 Å². The van der Waals surface area contributed by atoms with E-state index in [9.17, 15) is 4.79 Å². The lowest BCUT2D eigenvalue weighted by molar-refractivity contribution is -0.132. The van der Waals surface area contributed by atoms with Crippen LogP contribution in [0.2, 0.25) is 0 Å². The van der Waals surface area contributed by atoms with Crippen molar-refractivity contribution in [1.82, 2.24) is 24.6 Å². The fourth-order valence-electron chi connectivity index (χ4n) is 3.56. The van der Waals surface area contributed by atoms with E-state index in [1.54, 1.807) is 6.20 Å². The first-order valence-corrected chi connectivity index (χ1v) is 9.10. The standard InChI is InChI=1S/C19H27N5O/c1-14-10-16(3)24(22-14)9-5-7-19(25)23-8-4-6-17(13-23)18-12-20-11-15(2)21-18/h10-12,17H,4-9,13H2,1-3H3/t17-/m0/s1. The maximum absolute atomic E-state index is 12.6. The number of hydrogen-bond donors (Lipinski definition) is 0. The molecule has 6 heteroatoms. The number of rotatable bonds is 5. The zero-order valence-electron chi connectivity index (χ0n) is 15.4. The number of piperidine rings is 1. The van der Waals surface area contributed by atoms with Crippen molar-refractivity contribution in [3.63, 3.8) is 0 Å². The lowest BCUT2D eigenvalue weighted by Crippen LogP contribution is -2.39. The molecule has 0 saturated carbocycles. The molecule has 1 amide bonds. The predicted octanol–water partition coefficient (Wildman–Crippen LogP) is 2.78. The second-order valence-corrected chi connectivity index (χ2v) is 7.02. The molecule has 6 nitrogen and oxygen atoms in total. The molecular formula is C19H27N5O. The number of carbonyl (C=O) groups is 1. The molecule has 0 bridgehead atoms. The summed E-state index contributed by atoms with van der Waals surface area (Å²) in [7, 11) is 0. The van der Waals surface area contributed by atoms with Crippen LogP contribution in [0.5, 0.6) is 0 Å². The Bertz CT molecular complexity index is 739. The summed E-state index contributed by atoms with van der Waals surface area (Å²) in [6.07, 6.45) is 7.12. The largest absolute Gasteiger partial charge is 0.342 e. The molecule has 134 valence electrons. The summed E-state index contributed by atoms with van der Waals surface area (Å²) in [5.74, 6) is 0.549. The van der Waals surface area contributed by atoms with Crippen molar-refractivity contribution in [2.45, 2.75) is 58.9 Å². The highest BCUT2D eigenvalue weighted by Gasteiger charge is 2.25. The molecular weight excluding hydrogens is 314 g/mol. The molecule has 1 aliphatic heterocycles. The molecule has 1 saturated heterocycles. The minimum atomic E-state index is 0.242. The topological polar surface area (TPSA) is 63.9 Å². The van der Waals surface area contributed by atoms with Crippen LogP contribution in [0.3, 0.4) is 0 Å². The molecule has 1 atom stereocenters. The summed E-state index contributed by atoms with van der Waals surface area (Å²) >= 11 is 0. The van der Waals surface area contributed by atoms with E-state index in [0.29, 0.717) is 12.3 Å². The molecule has 0 spiro atoms. The highest BCUT2D eigenvalue weighted by molar-refractivity contribution is 5.76. The minimum absolute atomic E-state index is 0.242. The van der Waals surface area contributed by atoms with Crippen LogP contribution in [0, 0.1) is 20.8 Å². The van der Waals surface area contributed by atoms with Crippen molar-refractivity contribution in [2.75, 3.05) is 13.1 Å². The van der Waals surface area contributed by atoms with E-state index < -0.39 is 0 Å². The number of amides is 1. The van der Waals surface area contributed by atoms with Gasteiger partial charge in [-0.15, -0.1) is 0 Å². The lowest BCUT2D eigenvalue weighted by atomic mass is 9.94. The smallest absolute Gasteiger partial charge is 0.222 e. The fourth-order valence-corrected chi connectivity index (χ4v) is 3.56. The van der Waals surface area contributed by atoms with Crippen LogP contribution < -0.4 is 0 Å². The Morgan fingerprint density at radius 3 is 2.80 bits per heavy atom. The van der Waals surface area contributed by atoms with Crippen LogP contribution in [-0.4, -0.2) is 43.6 Å². The van der Waals surface area contributed by atoms with Crippen LogP contribution in [0.15, 0.2) is 18.5 Å². The molecule has 3 rings (SSSR count). The first kappa shape index (κ1) is 17.6. The van der Waals surface area contributed by atoms with Crippen LogP contribution in [-0.2, 0) is 11.3 Å². The molecule has 25 heavy (non-hydrogen) atoms. The summed E-state index contributed by atoms with van der Waals surface area (Å²) in [5, 5.41) is 4.46. The molecule has 1 aliphatic rings. The molecule has 3 heterocycles. The number of aromatic nitrogens is 4. The van der Waals surface area contributed by atoms with Crippen LogP contribution in [0.25, 0.3) is 0 Å². The average molecular weight is 341 g/mol. The Kier molecular flexibility index (Phi) is 5.46. The van der Waals surface area contributed by atoms with Gasteiger partial charge in [0.15, 0.2) is 0 Å². The van der Waals surface area contributed by atoms with E-state index in [2.05, 4.69) is 28.1 Å². The van der Waals surface area contributed by atoms with Crippen LogP contribution in [0.4, 0.5) is 0 Å². The molecule has 0 aromatic carbocycles. The van der Waals surface area contributed by atoms with E-state index in [-0.39, 0.29) is 5.91 Å². The molecule has 2 aromatic heterocycles. The number of hydrogen-bond acceptors (Lipinski definition) is 4. The molecule has 0 radical (unpaired) electrons. The number of aryl methyl sites for hydroxylation is 4. The summed E-state index contributed by atoms with van der Waals surface area (Å²) in [6, 6.07) is 2.07. The third-order valence-electron chi connectivity index (χ3n) is 4.83. The van der Waals surface area contributed by atoms with E-state index >= 15 is 0 Å². The van der Waals surface area contributed by atoms with Crippen LogP contribution in [0.1, 0.15) is 54.4 Å². The molecule has 0 aliphatic carbocycles. The molecule has 0 unspecified atom stereocenters. The third-order valence-corrected chi connectivity index (χ3v) is 4.83. The first-order chi connectivity index (χ1) is 12.0. The zero-order valence-corrected chi connectivity index (χ0v) is 15.4. The van der Waals surface area contributed by atoms with Gasteiger partial charge >= 0.3 is 0 Å². The minimum Gasteiger partial charge on any atom is -0.342 e.